The fraction of sp³-hybridized carbons (Fsp3) is 0.333. The van der Waals surface area contributed by atoms with Crippen LogP contribution in [-0.2, 0) is 0 Å². The van der Waals surface area contributed by atoms with E-state index in [0.29, 0.717) is 0 Å². The lowest BCUT2D eigenvalue weighted by Gasteiger charge is -1.94. The first-order valence-electron chi connectivity index (χ1n) is 2.84. The third-order valence-electron chi connectivity index (χ3n) is 1.03. The Labute approximate surface area is 54.2 Å². The van der Waals surface area contributed by atoms with E-state index in [2.05, 4.69) is 15.3 Å². The zero-order valence-electron chi connectivity index (χ0n) is 5.33. The molecule has 0 fully saturated rings. The summed E-state index contributed by atoms with van der Waals surface area (Å²) in [4.78, 5) is 8.00. The molecule has 1 rings (SSSR count). The zero-order valence-corrected chi connectivity index (χ0v) is 5.33. The summed E-state index contributed by atoms with van der Waals surface area (Å²) in [6, 6.07) is 0. The third-order valence-corrected chi connectivity index (χ3v) is 1.03. The molecule has 1 heterocycles. The van der Waals surface area contributed by atoms with Crippen LogP contribution >= 0.6 is 0 Å². The maximum Gasteiger partial charge on any atom is 0.123 e. The number of nitrogens with zero attached hydrogens (tertiary/aromatic N) is 2. The van der Waals surface area contributed by atoms with E-state index in [1.54, 1.807) is 12.4 Å². The average Bonchev–Trinajstić information content (AvgIpc) is 2.13. The van der Waals surface area contributed by atoms with Crippen molar-refractivity contribution in [2.75, 3.05) is 13.6 Å². The summed E-state index contributed by atoms with van der Waals surface area (Å²) < 4.78 is 0. The normalized spacial score (nSPS) is 16.8. The van der Waals surface area contributed by atoms with E-state index in [4.69, 9.17) is 0 Å². The molecule has 0 bridgehead atoms. The molecular formula is C6H9N3. The van der Waals surface area contributed by atoms with Gasteiger partial charge < -0.3 is 5.32 Å². The largest absolute Gasteiger partial charge is 0.373 e. The molecule has 3 heteroatoms. The van der Waals surface area contributed by atoms with Crippen molar-refractivity contribution in [2.24, 2.45) is 9.98 Å². The molecule has 0 spiro atoms. The van der Waals surface area contributed by atoms with Crippen molar-refractivity contribution in [3.8, 4) is 0 Å². The van der Waals surface area contributed by atoms with Crippen LogP contribution in [0.15, 0.2) is 21.9 Å². The smallest absolute Gasteiger partial charge is 0.123 e. The Morgan fingerprint density at radius 3 is 3.22 bits per heavy atom. The van der Waals surface area contributed by atoms with E-state index >= 15 is 0 Å². The predicted octanol–water partition coefficient (Wildman–Crippen LogP) is 0.202. The Morgan fingerprint density at radius 1 is 1.56 bits per heavy atom. The van der Waals surface area contributed by atoms with Gasteiger partial charge in [-0.3, -0.25) is 4.99 Å². The molecule has 0 radical (unpaired) electrons. The average molecular weight is 123 g/mol. The maximum atomic E-state index is 4.02. The van der Waals surface area contributed by atoms with E-state index in [-0.39, 0.29) is 0 Å². The van der Waals surface area contributed by atoms with E-state index in [1.165, 1.54) is 0 Å². The second kappa shape index (κ2) is 3.02. The van der Waals surface area contributed by atoms with E-state index in [9.17, 15) is 0 Å². The first-order valence-corrected chi connectivity index (χ1v) is 2.84. The first kappa shape index (κ1) is 6.01. The molecule has 0 unspecified atom stereocenters. The van der Waals surface area contributed by atoms with Crippen molar-refractivity contribution in [1.82, 2.24) is 5.32 Å². The molecule has 0 aromatic rings. The van der Waals surface area contributed by atoms with E-state index in [1.807, 2.05) is 13.1 Å². The van der Waals surface area contributed by atoms with Gasteiger partial charge in [-0.2, -0.15) is 0 Å². The molecule has 48 valence electrons. The second-order valence-corrected chi connectivity index (χ2v) is 1.63. The molecule has 3 nitrogen and oxygen atoms in total. The van der Waals surface area contributed by atoms with Gasteiger partial charge in [-0.05, 0) is 6.08 Å². The van der Waals surface area contributed by atoms with Crippen molar-refractivity contribution in [3.63, 3.8) is 0 Å². The van der Waals surface area contributed by atoms with Gasteiger partial charge in [-0.25, -0.2) is 4.99 Å². The molecule has 0 atom stereocenters. The van der Waals surface area contributed by atoms with Crippen LogP contribution in [0.3, 0.4) is 0 Å². The molecule has 0 aliphatic carbocycles. The number of hydrogen-bond acceptors (Lipinski definition) is 3. The number of aliphatic imine (C=N–C) groups is 2. The van der Waals surface area contributed by atoms with Gasteiger partial charge in [0.25, 0.3) is 0 Å². The molecule has 0 saturated heterocycles. The third kappa shape index (κ3) is 1.68. The van der Waals surface area contributed by atoms with Gasteiger partial charge in [0.05, 0.1) is 6.54 Å². The lowest BCUT2D eigenvalue weighted by atomic mass is 10.5. The van der Waals surface area contributed by atoms with E-state index in [0.717, 1.165) is 12.4 Å². The summed E-state index contributed by atoms with van der Waals surface area (Å²) in [7, 11) is 1.84. The van der Waals surface area contributed by atoms with Crippen LogP contribution in [0.2, 0.25) is 0 Å². The molecule has 0 aromatic carbocycles. The highest BCUT2D eigenvalue weighted by molar-refractivity contribution is 6.16. The van der Waals surface area contributed by atoms with Crippen LogP contribution in [0.25, 0.3) is 0 Å². The Bertz CT molecular complexity index is 167. The standard InChI is InChI=1S/C6H9N3/c1-7-6-2-3-8-4-5-9-6/h2,4-5,7H,3H2,1H3. The Morgan fingerprint density at radius 2 is 2.44 bits per heavy atom. The van der Waals surface area contributed by atoms with Gasteiger partial charge in [0.2, 0.25) is 0 Å². The Balaban J connectivity index is 2.63. The minimum atomic E-state index is 0.718. The summed E-state index contributed by atoms with van der Waals surface area (Å²) in [6.45, 7) is 0.718. The maximum absolute atomic E-state index is 4.02. The molecule has 0 amide bonds. The van der Waals surface area contributed by atoms with E-state index < -0.39 is 0 Å². The van der Waals surface area contributed by atoms with Gasteiger partial charge in [0.15, 0.2) is 0 Å². The Hall–Kier alpha value is -1.12. The summed E-state index contributed by atoms with van der Waals surface area (Å²) in [6.07, 6.45) is 5.30. The number of nitrogens with one attached hydrogen (secondary N) is 1. The van der Waals surface area contributed by atoms with Gasteiger partial charge in [0.1, 0.15) is 5.82 Å². The van der Waals surface area contributed by atoms with Crippen LogP contribution in [0.5, 0.6) is 0 Å². The van der Waals surface area contributed by atoms with Crippen LogP contribution < -0.4 is 5.32 Å². The van der Waals surface area contributed by atoms with Gasteiger partial charge in [0, 0.05) is 19.5 Å². The summed E-state index contributed by atoms with van der Waals surface area (Å²) in [5, 5.41) is 2.93. The fourth-order valence-electron chi connectivity index (χ4n) is 0.580. The highest BCUT2D eigenvalue weighted by Gasteiger charge is 1.87. The van der Waals surface area contributed by atoms with Crippen LogP contribution in [-0.4, -0.2) is 26.0 Å². The fourth-order valence-corrected chi connectivity index (χ4v) is 0.580. The van der Waals surface area contributed by atoms with Gasteiger partial charge in [-0.1, -0.05) is 0 Å². The molecule has 9 heavy (non-hydrogen) atoms. The minimum absolute atomic E-state index is 0.718. The molecule has 0 aromatic heterocycles. The predicted molar refractivity (Wildman–Crippen MR) is 39.0 cm³/mol. The van der Waals surface area contributed by atoms with Crippen molar-refractivity contribution in [2.45, 2.75) is 0 Å². The van der Waals surface area contributed by atoms with Crippen molar-refractivity contribution >= 4 is 12.4 Å². The monoisotopic (exact) mass is 123 g/mol. The van der Waals surface area contributed by atoms with Crippen molar-refractivity contribution in [1.29, 1.82) is 0 Å². The summed E-state index contributed by atoms with van der Waals surface area (Å²) in [5.41, 5.74) is 0. The molecule has 1 aliphatic heterocycles. The zero-order chi connectivity index (χ0) is 6.53. The number of hydrogen-bond donors (Lipinski definition) is 1. The lowest BCUT2D eigenvalue weighted by molar-refractivity contribution is 0.957. The van der Waals surface area contributed by atoms with Crippen LogP contribution in [0, 0.1) is 0 Å². The Kier molecular flexibility index (Phi) is 2.01. The number of rotatable bonds is 1. The minimum Gasteiger partial charge on any atom is -0.373 e. The van der Waals surface area contributed by atoms with Gasteiger partial charge in [-0.15, -0.1) is 0 Å². The molecule has 1 aliphatic rings. The van der Waals surface area contributed by atoms with Gasteiger partial charge >= 0.3 is 0 Å². The molecule has 1 N–H and O–H groups in total. The second-order valence-electron chi connectivity index (χ2n) is 1.63. The molecular weight excluding hydrogens is 114 g/mol. The summed E-state index contributed by atoms with van der Waals surface area (Å²) >= 11 is 0. The van der Waals surface area contributed by atoms with Crippen molar-refractivity contribution < 1.29 is 0 Å². The van der Waals surface area contributed by atoms with Crippen LogP contribution in [0.4, 0.5) is 0 Å². The lowest BCUT2D eigenvalue weighted by Crippen LogP contribution is -2.02. The SMILES string of the molecule is CNC1=CCN=CC=N1. The van der Waals surface area contributed by atoms with Crippen LogP contribution in [0.1, 0.15) is 0 Å². The topological polar surface area (TPSA) is 36.8 Å². The quantitative estimate of drug-likeness (QED) is 0.531. The van der Waals surface area contributed by atoms with Crippen molar-refractivity contribution in [3.05, 3.63) is 11.9 Å². The highest BCUT2D eigenvalue weighted by atomic mass is 15.0. The highest BCUT2D eigenvalue weighted by Crippen LogP contribution is 1.90. The summed E-state index contributed by atoms with van der Waals surface area (Å²) in [5.74, 6) is 0.882. The first-order chi connectivity index (χ1) is 4.43. The molecule has 0 saturated carbocycles.